The highest BCUT2D eigenvalue weighted by atomic mass is 19.1. The number of benzene rings is 1. The SMILES string of the molecule is [C-]#[N+]c1c(F)cc(Cn2cccn2)c2c1OCCCC2. The van der Waals surface area contributed by atoms with Crippen molar-refractivity contribution in [2.24, 2.45) is 0 Å². The summed E-state index contributed by atoms with van der Waals surface area (Å²) in [4.78, 5) is 3.29. The van der Waals surface area contributed by atoms with Crippen molar-refractivity contribution >= 4 is 5.69 Å². The van der Waals surface area contributed by atoms with Crippen LogP contribution in [0.4, 0.5) is 10.1 Å². The Morgan fingerprint density at radius 3 is 3.10 bits per heavy atom. The molecule has 0 spiro atoms. The summed E-state index contributed by atoms with van der Waals surface area (Å²) in [7, 11) is 0. The van der Waals surface area contributed by atoms with Crippen LogP contribution in [-0.2, 0) is 13.0 Å². The summed E-state index contributed by atoms with van der Waals surface area (Å²) in [6.45, 7) is 8.19. The topological polar surface area (TPSA) is 31.4 Å². The first-order valence-corrected chi connectivity index (χ1v) is 6.61. The minimum absolute atomic E-state index is 0.00566. The summed E-state index contributed by atoms with van der Waals surface area (Å²) in [5.41, 5.74) is 1.80. The predicted octanol–water partition coefficient (Wildman–Crippen LogP) is 3.34. The Balaban J connectivity index is 2.10. The lowest BCUT2D eigenvalue weighted by molar-refractivity contribution is 0.317. The van der Waals surface area contributed by atoms with Crippen LogP contribution in [0, 0.1) is 12.4 Å². The van der Waals surface area contributed by atoms with Gasteiger partial charge in [-0.3, -0.25) is 4.68 Å². The van der Waals surface area contributed by atoms with Gasteiger partial charge in [0.05, 0.1) is 19.7 Å². The van der Waals surface area contributed by atoms with E-state index < -0.39 is 5.82 Å². The van der Waals surface area contributed by atoms with E-state index >= 15 is 0 Å². The molecule has 0 bridgehead atoms. The number of hydrogen-bond donors (Lipinski definition) is 0. The molecule has 1 aliphatic rings. The van der Waals surface area contributed by atoms with Crippen LogP contribution in [0.2, 0.25) is 0 Å². The molecule has 1 aromatic heterocycles. The molecule has 20 heavy (non-hydrogen) atoms. The van der Waals surface area contributed by atoms with Gasteiger partial charge in [0.2, 0.25) is 0 Å². The summed E-state index contributed by atoms with van der Waals surface area (Å²) < 4.78 is 21.5. The van der Waals surface area contributed by atoms with Gasteiger partial charge in [-0.2, -0.15) is 5.10 Å². The molecular weight excluding hydrogens is 257 g/mol. The van der Waals surface area contributed by atoms with Crippen LogP contribution >= 0.6 is 0 Å². The lowest BCUT2D eigenvalue weighted by Crippen LogP contribution is -2.06. The van der Waals surface area contributed by atoms with E-state index in [4.69, 9.17) is 11.3 Å². The fourth-order valence-electron chi connectivity index (χ4n) is 2.53. The lowest BCUT2D eigenvalue weighted by Gasteiger charge is -2.15. The summed E-state index contributed by atoms with van der Waals surface area (Å²) >= 11 is 0. The molecule has 0 saturated heterocycles. The highest BCUT2D eigenvalue weighted by molar-refractivity contribution is 5.64. The monoisotopic (exact) mass is 271 g/mol. The van der Waals surface area contributed by atoms with Gasteiger partial charge in [-0.1, -0.05) is 0 Å². The zero-order valence-corrected chi connectivity index (χ0v) is 11.0. The van der Waals surface area contributed by atoms with Gasteiger partial charge >= 0.3 is 0 Å². The molecule has 0 radical (unpaired) electrons. The molecule has 2 heterocycles. The molecule has 0 unspecified atom stereocenters. The van der Waals surface area contributed by atoms with Gasteiger partial charge in [0.15, 0.2) is 0 Å². The normalized spacial score (nSPS) is 14.0. The van der Waals surface area contributed by atoms with E-state index in [1.54, 1.807) is 10.9 Å². The maximum Gasteiger partial charge on any atom is 0.263 e. The van der Waals surface area contributed by atoms with E-state index in [0.717, 1.165) is 30.4 Å². The Bertz CT molecular complexity index is 659. The number of ether oxygens (including phenoxy) is 1. The van der Waals surface area contributed by atoms with Crippen LogP contribution in [0.1, 0.15) is 24.0 Å². The summed E-state index contributed by atoms with van der Waals surface area (Å²) in [5, 5.41) is 4.15. The first-order valence-electron chi connectivity index (χ1n) is 6.61. The average Bonchev–Trinajstić information content (AvgIpc) is 2.82. The van der Waals surface area contributed by atoms with Gasteiger partial charge in [-0.15, -0.1) is 0 Å². The molecule has 5 heteroatoms. The second-order valence-corrected chi connectivity index (χ2v) is 4.79. The number of halogens is 1. The standard InChI is InChI=1S/C15H14FN3O/c1-17-14-13(16)9-11(10-19-7-4-6-18-19)12-5-2-3-8-20-15(12)14/h4,6-7,9H,2-3,5,8,10H2. The highest BCUT2D eigenvalue weighted by Crippen LogP contribution is 2.39. The van der Waals surface area contributed by atoms with Crippen molar-refractivity contribution in [2.45, 2.75) is 25.8 Å². The van der Waals surface area contributed by atoms with Crippen LogP contribution in [0.3, 0.4) is 0 Å². The average molecular weight is 271 g/mol. The highest BCUT2D eigenvalue weighted by Gasteiger charge is 2.21. The van der Waals surface area contributed by atoms with Crippen LogP contribution in [0.25, 0.3) is 4.85 Å². The van der Waals surface area contributed by atoms with Gasteiger partial charge in [-0.25, -0.2) is 9.24 Å². The van der Waals surface area contributed by atoms with Crippen molar-refractivity contribution in [1.29, 1.82) is 0 Å². The summed E-state index contributed by atoms with van der Waals surface area (Å²) in [6.07, 6.45) is 6.26. The smallest absolute Gasteiger partial charge is 0.263 e. The Labute approximate surface area is 116 Å². The van der Waals surface area contributed by atoms with Gasteiger partial charge in [-0.05, 0) is 42.5 Å². The van der Waals surface area contributed by atoms with Crippen molar-refractivity contribution < 1.29 is 9.13 Å². The lowest BCUT2D eigenvalue weighted by atomic mass is 10.00. The quantitative estimate of drug-likeness (QED) is 0.784. The third kappa shape index (κ3) is 2.25. The number of rotatable bonds is 2. The van der Waals surface area contributed by atoms with Crippen LogP contribution in [0.5, 0.6) is 5.75 Å². The van der Waals surface area contributed by atoms with Crippen molar-refractivity contribution in [3.63, 3.8) is 0 Å². The molecule has 0 atom stereocenters. The Morgan fingerprint density at radius 1 is 1.45 bits per heavy atom. The van der Waals surface area contributed by atoms with E-state index in [1.807, 2.05) is 12.3 Å². The number of fused-ring (bicyclic) bond motifs is 1. The molecule has 1 aromatic carbocycles. The Hall–Kier alpha value is -2.35. The molecule has 0 amide bonds. The second kappa shape index (κ2) is 5.33. The minimum atomic E-state index is -0.511. The van der Waals surface area contributed by atoms with E-state index in [9.17, 15) is 4.39 Å². The van der Waals surface area contributed by atoms with Crippen LogP contribution < -0.4 is 4.74 Å². The van der Waals surface area contributed by atoms with E-state index in [0.29, 0.717) is 18.9 Å². The molecule has 3 rings (SSSR count). The van der Waals surface area contributed by atoms with Gasteiger partial charge in [0, 0.05) is 12.4 Å². The number of nitrogens with zero attached hydrogens (tertiary/aromatic N) is 3. The van der Waals surface area contributed by atoms with Gasteiger partial charge < -0.3 is 4.74 Å². The minimum Gasteiger partial charge on any atom is -0.504 e. The van der Waals surface area contributed by atoms with Gasteiger partial charge in [0.25, 0.3) is 5.69 Å². The van der Waals surface area contributed by atoms with Crippen LogP contribution in [-0.4, -0.2) is 16.4 Å². The number of aromatic nitrogens is 2. The molecule has 0 fully saturated rings. The second-order valence-electron chi connectivity index (χ2n) is 4.79. The molecular formula is C15H14FN3O. The summed E-state index contributed by atoms with van der Waals surface area (Å²) in [5.74, 6) is -0.0811. The molecule has 0 N–H and O–H groups in total. The fraction of sp³-hybridized carbons (Fsp3) is 0.333. The first kappa shape index (κ1) is 12.7. The van der Waals surface area contributed by atoms with E-state index in [2.05, 4.69) is 9.94 Å². The van der Waals surface area contributed by atoms with Crippen molar-refractivity contribution in [3.8, 4) is 5.75 Å². The molecule has 0 saturated carbocycles. The maximum absolute atomic E-state index is 14.1. The largest absolute Gasteiger partial charge is 0.504 e. The third-order valence-electron chi connectivity index (χ3n) is 3.47. The van der Waals surface area contributed by atoms with E-state index in [1.165, 1.54) is 6.07 Å². The molecule has 102 valence electrons. The molecule has 0 aliphatic carbocycles. The van der Waals surface area contributed by atoms with Crippen molar-refractivity contribution in [3.05, 3.63) is 52.9 Å². The van der Waals surface area contributed by atoms with Crippen LogP contribution in [0.15, 0.2) is 24.5 Å². The fourth-order valence-corrected chi connectivity index (χ4v) is 2.53. The van der Waals surface area contributed by atoms with Crippen molar-refractivity contribution in [2.75, 3.05) is 6.61 Å². The zero-order valence-electron chi connectivity index (χ0n) is 11.0. The molecule has 1 aliphatic heterocycles. The predicted molar refractivity (Wildman–Crippen MR) is 72.4 cm³/mol. The van der Waals surface area contributed by atoms with Gasteiger partial charge in [0.1, 0.15) is 11.6 Å². The maximum atomic E-state index is 14.1. The Kier molecular flexibility index (Phi) is 3.38. The summed E-state index contributed by atoms with van der Waals surface area (Å²) in [6, 6.07) is 3.28. The Morgan fingerprint density at radius 2 is 2.35 bits per heavy atom. The third-order valence-corrected chi connectivity index (χ3v) is 3.47. The molecule has 4 nitrogen and oxygen atoms in total. The molecule has 2 aromatic rings. The number of hydrogen-bond acceptors (Lipinski definition) is 2. The van der Waals surface area contributed by atoms with E-state index in [-0.39, 0.29) is 5.69 Å². The first-order chi connectivity index (χ1) is 9.79. The van der Waals surface area contributed by atoms with Crippen molar-refractivity contribution in [1.82, 2.24) is 9.78 Å². The zero-order chi connectivity index (χ0) is 13.9.